The van der Waals surface area contributed by atoms with Gasteiger partial charge in [-0.05, 0) is 60.9 Å². The standard InChI is InChI=1S/C26H26ClN3O4S/c1-35(33,34)30(18-20-8-2-4-10-23(20)27)21-14-12-19(13-15-21)25(31)28-24-11-5-3-9-22(24)26(32)29-16-6-7-17-29/h2-5,8-15H,6-7,16-18H2,1H3,(H,28,31). The maximum absolute atomic E-state index is 12.9. The molecule has 7 nitrogen and oxygen atoms in total. The Morgan fingerprint density at radius 2 is 1.57 bits per heavy atom. The predicted molar refractivity (Wildman–Crippen MR) is 138 cm³/mol. The monoisotopic (exact) mass is 511 g/mol. The molecule has 3 aromatic carbocycles. The van der Waals surface area contributed by atoms with E-state index in [0.29, 0.717) is 46.2 Å². The van der Waals surface area contributed by atoms with Crippen LogP contribution in [0.25, 0.3) is 0 Å². The van der Waals surface area contributed by atoms with Gasteiger partial charge >= 0.3 is 0 Å². The number of nitrogens with zero attached hydrogens (tertiary/aromatic N) is 2. The van der Waals surface area contributed by atoms with Crippen molar-refractivity contribution in [1.29, 1.82) is 0 Å². The molecule has 2 amide bonds. The molecule has 0 bridgehead atoms. The van der Waals surface area contributed by atoms with Gasteiger partial charge in [-0.3, -0.25) is 13.9 Å². The average molecular weight is 512 g/mol. The fraction of sp³-hybridized carbons (Fsp3) is 0.231. The fourth-order valence-corrected chi connectivity index (χ4v) is 5.10. The molecule has 0 aliphatic carbocycles. The second-order valence-electron chi connectivity index (χ2n) is 8.41. The van der Waals surface area contributed by atoms with Crippen molar-refractivity contribution in [2.45, 2.75) is 19.4 Å². The van der Waals surface area contributed by atoms with Gasteiger partial charge < -0.3 is 10.2 Å². The van der Waals surface area contributed by atoms with Crippen LogP contribution >= 0.6 is 11.6 Å². The Labute approximate surface area is 210 Å². The van der Waals surface area contributed by atoms with Crippen LogP contribution in [0.15, 0.2) is 72.8 Å². The first kappa shape index (κ1) is 24.8. The van der Waals surface area contributed by atoms with Crippen molar-refractivity contribution in [2.75, 3.05) is 29.0 Å². The molecule has 4 rings (SSSR count). The number of hydrogen-bond donors (Lipinski definition) is 1. The molecule has 0 radical (unpaired) electrons. The molecule has 1 aliphatic heterocycles. The van der Waals surface area contributed by atoms with Crippen LogP contribution < -0.4 is 9.62 Å². The number of para-hydroxylation sites is 1. The van der Waals surface area contributed by atoms with Crippen molar-refractivity contribution in [1.82, 2.24) is 4.90 Å². The summed E-state index contributed by atoms with van der Waals surface area (Å²) in [4.78, 5) is 27.6. The Bertz CT molecular complexity index is 1340. The van der Waals surface area contributed by atoms with E-state index in [1.807, 2.05) is 0 Å². The molecule has 1 N–H and O–H groups in total. The molecule has 182 valence electrons. The molecule has 35 heavy (non-hydrogen) atoms. The Kier molecular flexibility index (Phi) is 7.42. The van der Waals surface area contributed by atoms with Crippen LogP contribution in [-0.4, -0.2) is 44.5 Å². The molecule has 1 heterocycles. The maximum atomic E-state index is 12.9. The number of benzene rings is 3. The van der Waals surface area contributed by atoms with E-state index in [4.69, 9.17) is 11.6 Å². The Morgan fingerprint density at radius 1 is 0.943 bits per heavy atom. The zero-order valence-corrected chi connectivity index (χ0v) is 20.8. The number of carbonyl (C=O) groups is 2. The minimum Gasteiger partial charge on any atom is -0.339 e. The van der Waals surface area contributed by atoms with Crippen LogP contribution in [0.5, 0.6) is 0 Å². The SMILES string of the molecule is CS(=O)(=O)N(Cc1ccccc1Cl)c1ccc(C(=O)Nc2ccccc2C(=O)N2CCCC2)cc1. The third kappa shape index (κ3) is 5.83. The molecule has 0 atom stereocenters. The largest absolute Gasteiger partial charge is 0.339 e. The molecule has 1 aliphatic rings. The Balaban J connectivity index is 1.53. The molecule has 3 aromatic rings. The Morgan fingerprint density at radius 3 is 2.23 bits per heavy atom. The number of halogens is 1. The highest BCUT2D eigenvalue weighted by Gasteiger charge is 2.23. The van der Waals surface area contributed by atoms with Crippen LogP contribution in [0, 0.1) is 0 Å². The number of nitrogens with one attached hydrogen (secondary N) is 1. The first-order valence-corrected chi connectivity index (χ1v) is 13.5. The molecule has 0 saturated carbocycles. The summed E-state index contributed by atoms with van der Waals surface area (Å²) >= 11 is 6.22. The highest BCUT2D eigenvalue weighted by atomic mass is 35.5. The van der Waals surface area contributed by atoms with Gasteiger partial charge in [-0.15, -0.1) is 0 Å². The van der Waals surface area contributed by atoms with E-state index in [1.165, 1.54) is 4.31 Å². The smallest absolute Gasteiger partial charge is 0.255 e. The summed E-state index contributed by atoms with van der Waals surface area (Å²) in [5.41, 5.74) is 2.30. The van der Waals surface area contributed by atoms with Gasteiger partial charge in [0.25, 0.3) is 11.8 Å². The van der Waals surface area contributed by atoms with Gasteiger partial charge in [-0.25, -0.2) is 8.42 Å². The topological polar surface area (TPSA) is 86.8 Å². The summed E-state index contributed by atoms with van der Waals surface area (Å²) < 4.78 is 26.2. The van der Waals surface area contributed by atoms with Crippen molar-refractivity contribution in [3.63, 3.8) is 0 Å². The quantitative estimate of drug-likeness (QED) is 0.494. The second-order valence-corrected chi connectivity index (χ2v) is 10.7. The molecule has 0 aromatic heterocycles. The molecular formula is C26H26ClN3O4S. The molecule has 1 saturated heterocycles. The van der Waals surface area contributed by atoms with Gasteiger partial charge in [0.15, 0.2) is 0 Å². The van der Waals surface area contributed by atoms with Crippen molar-refractivity contribution in [2.24, 2.45) is 0 Å². The lowest BCUT2D eigenvalue weighted by molar-refractivity contribution is 0.0794. The number of rotatable bonds is 7. The minimum absolute atomic E-state index is 0.0655. The van der Waals surface area contributed by atoms with E-state index in [-0.39, 0.29) is 12.5 Å². The van der Waals surface area contributed by atoms with Crippen molar-refractivity contribution in [3.8, 4) is 0 Å². The van der Waals surface area contributed by atoms with Gasteiger partial charge in [0.2, 0.25) is 10.0 Å². The number of likely N-dealkylation sites (tertiary alicyclic amines) is 1. The van der Waals surface area contributed by atoms with E-state index >= 15 is 0 Å². The molecule has 0 unspecified atom stereocenters. The number of anilines is 2. The summed E-state index contributed by atoms with van der Waals surface area (Å²) in [5.74, 6) is -0.493. The lowest BCUT2D eigenvalue weighted by Gasteiger charge is -2.23. The minimum atomic E-state index is -3.61. The third-order valence-corrected chi connectivity index (χ3v) is 7.40. The Hall–Kier alpha value is -3.36. The van der Waals surface area contributed by atoms with E-state index in [1.54, 1.807) is 77.7 Å². The summed E-state index contributed by atoms with van der Waals surface area (Å²) in [5, 5.41) is 3.29. The fourth-order valence-electron chi connectivity index (χ4n) is 4.02. The van der Waals surface area contributed by atoms with E-state index < -0.39 is 15.9 Å². The first-order valence-electron chi connectivity index (χ1n) is 11.2. The first-order chi connectivity index (χ1) is 16.7. The van der Waals surface area contributed by atoms with Gasteiger partial charge in [-0.2, -0.15) is 0 Å². The summed E-state index contributed by atoms with van der Waals surface area (Å²) in [6.07, 6.45) is 3.08. The van der Waals surface area contributed by atoms with Crippen LogP contribution in [-0.2, 0) is 16.6 Å². The highest BCUT2D eigenvalue weighted by Crippen LogP contribution is 2.25. The van der Waals surface area contributed by atoms with E-state index in [0.717, 1.165) is 19.1 Å². The maximum Gasteiger partial charge on any atom is 0.255 e. The number of amides is 2. The van der Waals surface area contributed by atoms with Gasteiger partial charge in [0, 0.05) is 23.7 Å². The van der Waals surface area contributed by atoms with Crippen molar-refractivity contribution < 1.29 is 18.0 Å². The lowest BCUT2D eigenvalue weighted by atomic mass is 10.1. The third-order valence-electron chi connectivity index (χ3n) is 5.89. The second kappa shape index (κ2) is 10.5. The zero-order valence-electron chi connectivity index (χ0n) is 19.3. The van der Waals surface area contributed by atoms with E-state index in [9.17, 15) is 18.0 Å². The molecule has 1 fully saturated rings. The van der Waals surface area contributed by atoms with E-state index in [2.05, 4.69) is 5.32 Å². The summed E-state index contributed by atoms with van der Waals surface area (Å²) in [7, 11) is -3.61. The summed E-state index contributed by atoms with van der Waals surface area (Å²) in [6, 6.07) is 20.2. The number of carbonyl (C=O) groups excluding carboxylic acids is 2. The average Bonchev–Trinajstić information content (AvgIpc) is 3.38. The number of hydrogen-bond acceptors (Lipinski definition) is 4. The normalized spacial score (nSPS) is 13.5. The zero-order chi connectivity index (χ0) is 25.0. The van der Waals surface area contributed by atoms with Crippen LogP contribution in [0.4, 0.5) is 11.4 Å². The van der Waals surface area contributed by atoms with Gasteiger partial charge in [0.1, 0.15) is 0 Å². The number of sulfonamides is 1. The van der Waals surface area contributed by atoms with Gasteiger partial charge in [0.05, 0.1) is 29.7 Å². The van der Waals surface area contributed by atoms with Crippen LogP contribution in [0.1, 0.15) is 39.1 Å². The van der Waals surface area contributed by atoms with Crippen molar-refractivity contribution in [3.05, 3.63) is 94.5 Å². The molecule has 0 spiro atoms. The lowest BCUT2D eigenvalue weighted by Crippen LogP contribution is -2.29. The van der Waals surface area contributed by atoms with Crippen LogP contribution in [0.2, 0.25) is 5.02 Å². The molecular weight excluding hydrogens is 486 g/mol. The van der Waals surface area contributed by atoms with Crippen molar-refractivity contribution >= 4 is 44.8 Å². The van der Waals surface area contributed by atoms with Gasteiger partial charge in [-0.1, -0.05) is 41.9 Å². The molecule has 9 heteroatoms. The highest BCUT2D eigenvalue weighted by molar-refractivity contribution is 7.92. The summed E-state index contributed by atoms with van der Waals surface area (Å²) in [6.45, 7) is 1.50. The predicted octanol–water partition coefficient (Wildman–Crippen LogP) is 4.79. The van der Waals surface area contributed by atoms with Crippen LogP contribution in [0.3, 0.4) is 0 Å².